The third kappa shape index (κ3) is 4.86. The van der Waals surface area contributed by atoms with Crippen LogP contribution in [0.25, 0.3) is 0 Å². The first-order valence-corrected chi connectivity index (χ1v) is 9.09. The van der Waals surface area contributed by atoms with Gasteiger partial charge >= 0.3 is 0 Å². The minimum atomic E-state index is -0.348. The van der Waals surface area contributed by atoms with Gasteiger partial charge in [0.1, 0.15) is 0 Å². The Morgan fingerprint density at radius 1 is 0.724 bits per heavy atom. The highest BCUT2D eigenvalue weighted by molar-refractivity contribution is 6.30. The molecule has 6 nitrogen and oxygen atoms in total. The highest BCUT2D eigenvalue weighted by Crippen LogP contribution is 2.29. The summed E-state index contributed by atoms with van der Waals surface area (Å²) < 4.78 is 10.4. The average Bonchev–Trinajstić information content (AvgIpc) is 2.74. The predicted molar refractivity (Wildman–Crippen MR) is 113 cm³/mol. The lowest BCUT2D eigenvalue weighted by molar-refractivity contribution is 0.101. The molecule has 29 heavy (non-hydrogen) atoms. The number of hydrogen-bond acceptors (Lipinski definition) is 4. The molecule has 3 aromatic carbocycles. The minimum absolute atomic E-state index is 0.311. The van der Waals surface area contributed by atoms with Gasteiger partial charge in [0.05, 0.1) is 25.6 Å². The van der Waals surface area contributed by atoms with Crippen LogP contribution in [0.15, 0.2) is 66.7 Å². The predicted octanol–water partition coefficient (Wildman–Crippen LogP) is 4.86. The number of methoxy groups -OCH3 is 2. The Labute approximate surface area is 173 Å². The summed E-state index contributed by atoms with van der Waals surface area (Å²) in [7, 11) is 3.03. The average molecular weight is 411 g/mol. The molecule has 0 heterocycles. The van der Waals surface area contributed by atoms with Gasteiger partial charge in [-0.15, -0.1) is 0 Å². The number of halogens is 1. The molecule has 2 N–H and O–H groups in total. The first-order chi connectivity index (χ1) is 14.0. The summed E-state index contributed by atoms with van der Waals surface area (Å²) in [4.78, 5) is 25.2. The van der Waals surface area contributed by atoms with Crippen molar-refractivity contribution in [1.82, 2.24) is 0 Å². The van der Waals surface area contributed by atoms with Crippen molar-refractivity contribution in [3.05, 3.63) is 82.9 Å². The lowest BCUT2D eigenvalue weighted by Crippen LogP contribution is -2.16. The van der Waals surface area contributed by atoms with E-state index in [9.17, 15) is 9.59 Å². The second kappa shape index (κ2) is 9.12. The van der Waals surface area contributed by atoms with Crippen LogP contribution in [0.1, 0.15) is 20.7 Å². The van der Waals surface area contributed by atoms with Gasteiger partial charge in [-0.3, -0.25) is 9.59 Å². The Kier molecular flexibility index (Phi) is 6.36. The quantitative estimate of drug-likeness (QED) is 0.608. The summed E-state index contributed by atoms with van der Waals surface area (Å²) in [5.41, 5.74) is 1.78. The Bertz CT molecular complexity index is 1040. The molecule has 148 valence electrons. The number of carbonyl (C=O) groups excluding carboxylic acids is 2. The molecule has 7 heteroatoms. The van der Waals surface area contributed by atoms with Gasteiger partial charge in [-0.1, -0.05) is 23.7 Å². The van der Waals surface area contributed by atoms with Crippen LogP contribution in [0, 0.1) is 0 Å². The maximum absolute atomic E-state index is 12.7. The zero-order valence-electron chi connectivity index (χ0n) is 15.9. The molecule has 0 aliphatic heterocycles. The molecule has 0 saturated heterocycles. The maximum Gasteiger partial charge on any atom is 0.255 e. The van der Waals surface area contributed by atoms with Gasteiger partial charge in [0, 0.05) is 16.1 Å². The summed E-state index contributed by atoms with van der Waals surface area (Å²) in [6.45, 7) is 0. The molecule has 0 radical (unpaired) electrons. The molecule has 0 aliphatic rings. The molecule has 3 rings (SSSR count). The summed E-state index contributed by atoms with van der Waals surface area (Å²) in [6.07, 6.45) is 0. The number of ether oxygens (including phenoxy) is 2. The van der Waals surface area contributed by atoms with Crippen molar-refractivity contribution >= 4 is 34.8 Å². The van der Waals surface area contributed by atoms with Crippen LogP contribution in [0.2, 0.25) is 5.02 Å². The lowest BCUT2D eigenvalue weighted by Gasteiger charge is -2.13. The van der Waals surface area contributed by atoms with E-state index < -0.39 is 0 Å². The lowest BCUT2D eigenvalue weighted by atomic mass is 10.1. The van der Waals surface area contributed by atoms with Crippen molar-refractivity contribution in [3.63, 3.8) is 0 Å². The number of anilines is 2. The maximum atomic E-state index is 12.7. The molecule has 0 bridgehead atoms. The minimum Gasteiger partial charge on any atom is -0.493 e. The molecular weight excluding hydrogens is 392 g/mol. The van der Waals surface area contributed by atoms with E-state index in [0.717, 1.165) is 0 Å². The van der Waals surface area contributed by atoms with Crippen molar-refractivity contribution in [3.8, 4) is 11.5 Å². The highest BCUT2D eigenvalue weighted by Gasteiger charge is 2.14. The van der Waals surface area contributed by atoms with E-state index in [4.69, 9.17) is 21.1 Å². The summed E-state index contributed by atoms with van der Waals surface area (Å²) in [5.74, 6) is 0.317. The van der Waals surface area contributed by atoms with Crippen LogP contribution >= 0.6 is 11.6 Å². The Balaban J connectivity index is 1.79. The zero-order valence-corrected chi connectivity index (χ0v) is 16.6. The fourth-order valence-corrected chi connectivity index (χ4v) is 2.79. The van der Waals surface area contributed by atoms with Crippen LogP contribution in [-0.4, -0.2) is 26.0 Å². The van der Waals surface area contributed by atoms with Gasteiger partial charge in [0.15, 0.2) is 11.5 Å². The third-order valence-electron chi connectivity index (χ3n) is 4.18. The topological polar surface area (TPSA) is 76.7 Å². The van der Waals surface area contributed by atoms with Crippen LogP contribution in [0.4, 0.5) is 11.4 Å². The van der Waals surface area contributed by atoms with Crippen molar-refractivity contribution in [2.45, 2.75) is 0 Å². The molecule has 0 saturated carbocycles. The van der Waals surface area contributed by atoms with Crippen LogP contribution in [0.3, 0.4) is 0 Å². The first-order valence-electron chi connectivity index (χ1n) is 8.71. The second-order valence-electron chi connectivity index (χ2n) is 6.03. The van der Waals surface area contributed by atoms with E-state index in [1.54, 1.807) is 66.7 Å². The van der Waals surface area contributed by atoms with E-state index in [1.807, 2.05) is 0 Å². The summed E-state index contributed by atoms with van der Waals surface area (Å²) >= 11 is 5.86. The second-order valence-corrected chi connectivity index (χ2v) is 6.47. The van der Waals surface area contributed by atoms with Crippen molar-refractivity contribution < 1.29 is 19.1 Å². The molecule has 0 aliphatic carbocycles. The third-order valence-corrected chi connectivity index (χ3v) is 4.43. The van der Waals surface area contributed by atoms with Gasteiger partial charge in [-0.25, -0.2) is 0 Å². The van der Waals surface area contributed by atoms with Gasteiger partial charge in [-0.05, 0) is 54.6 Å². The van der Waals surface area contributed by atoms with E-state index in [0.29, 0.717) is 39.0 Å². The Morgan fingerprint density at radius 2 is 1.24 bits per heavy atom. The molecule has 0 atom stereocenters. The number of amides is 2. The number of carbonyl (C=O) groups is 2. The van der Waals surface area contributed by atoms with Crippen molar-refractivity contribution in [2.75, 3.05) is 24.9 Å². The van der Waals surface area contributed by atoms with E-state index in [1.165, 1.54) is 14.2 Å². The van der Waals surface area contributed by atoms with Crippen LogP contribution in [0.5, 0.6) is 11.5 Å². The molecular formula is C22H19ClN2O4. The SMILES string of the molecule is COc1ccc(C(=O)Nc2ccccc2NC(=O)c2ccc(Cl)cc2)cc1OC. The molecule has 0 fully saturated rings. The number of rotatable bonds is 6. The fourth-order valence-electron chi connectivity index (χ4n) is 2.67. The standard InChI is InChI=1S/C22H19ClN2O4/c1-28-19-12-9-15(13-20(19)29-2)22(27)25-18-6-4-3-5-17(18)24-21(26)14-7-10-16(23)11-8-14/h3-13H,1-2H3,(H,24,26)(H,25,27). The summed E-state index contributed by atoms with van der Waals surface area (Å²) in [5, 5.41) is 6.16. The molecule has 0 unspecified atom stereocenters. The molecule has 3 aromatic rings. The Hall–Kier alpha value is -3.51. The highest BCUT2D eigenvalue weighted by atomic mass is 35.5. The normalized spacial score (nSPS) is 10.2. The van der Waals surface area contributed by atoms with Crippen LogP contribution in [-0.2, 0) is 0 Å². The number of benzene rings is 3. The smallest absolute Gasteiger partial charge is 0.255 e. The fraction of sp³-hybridized carbons (Fsp3) is 0.0909. The number of hydrogen-bond donors (Lipinski definition) is 2. The molecule has 0 spiro atoms. The van der Waals surface area contributed by atoms with E-state index >= 15 is 0 Å². The number of para-hydroxylation sites is 2. The monoisotopic (exact) mass is 410 g/mol. The summed E-state index contributed by atoms with van der Waals surface area (Å²) in [6, 6.07) is 18.4. The molecule has 0 aromatic heterocycles. The van der Waals surface area contributed by atoms with Crippen LogP contribution < -0.4 is 20.1 Å². The van der Waals surface area contributed by atoms with Gasteiger partial charge in [0.2, 0.25) is 0 Å². The van der Waals surface area contributed by atoms with Crippen molar-refractivity contribution in [2.24, 2.45) is 0 Å². The van der Waals surface area contributed by atoms with E-state index in [2.05, 4.69) is 10.6 Å². The zero-order chi connectivity index (χ0) is 20.8. The van der Waals surface area contributed by atoms with E-state index in [-0.39, 0.29) is 11.8 Å². The Morgan fingerprint density at radius 3 is 1.79 bits per heavy atom. The first kappa shape index (κ1) is 20.2. The van der Waals surface area contributed by atoms with Crippen molar-refractivity contribution in [1.29, 1.82) is 0 Å². The van der Waals surface area contributed by atoms with Gasteiger partial charge in [0.25, 0.3) is 11.8 Å². The largest absolute Gasteiger partial charge is 0.493 e. The molecule has 2 amide bonds. The van der Waals surface area contributed by atoms with Gasteiger partial charge in [-0.2, -0.15) is 0 Å². The number of nitrogens with one attached hydrogen (secondary N) is 2. The van der Waals surface area contributed by atoms with Gasteiger partial charge < -0.3 is 20.1 Å².